The van der Waals surface area contributed by atoms with E-state index in [0.29, 0.717) is 18.0 Å². The van der Waals surface area contributed by atoms with Crippen LogP contribution in [0.4, 0.5) is 5.69 Å². The standard InChI is InChI=1S/C16H18N2O3/c1-10-9-21-16(17-10)11-4-2-5-12(8-11)18-15(20)13-6-3-7-14(13)19/h2,4-5,8-9,13-14,19H,3,6-7H2,1H3,(H,18,20). The topological polar surface area (TPSA) is 75.4 Å². The SMILES string of the molecule is Cc1coc(-c2cccc(NC(=O)C3CCCC3O)c2)n1. The maximum absolute atomic E-state index is 12.2. The highest BCUT2D eigenvalue weighted by Crippen LogP contribution is 2.27. The Morgan fingerprint density at radius 2 is 2.29 bits per heavy atom. The molecule has 1 amide bonds. The maximum atomic E-state index is 12.2. The summed E-state index contributed by atoms with van der Waals surface area (Å²) in [6.07, 6.45) is 3.41. The second kappa shape index (κ2) is 5.69. The highest BCUT2D eigenvalue weighted by atomic mass is 16.3. The summed E-state index contributed by atoms with van der Waals surface area (Å²) in [5, 5.41) is 12.6. The van der Waals surface area contributed by atoms with Crippen molar-refractivity contribution in [2.45, 2.75) is 32.3 Å². The monoisotopic (exact) mass is 286 g/mol. The van der Waals surface area contributed by atoms with Gasteiger partial charge < -0.3 is 14.8 Å². The molecule has 0 bridgehead atoms. The van der Waals surface area contributed by atoms with Crippen molar-refractivity contribution in [2.24, 2.45) is 5.92 Å². The number of rotatable bonds is 3. The lowest BCUT2D eigenvalue weighted by Crippen LogP contribution is -2.28. The first-order chi connectivity index (χ1) is 10.1. The third-order valence-corrected chi connectivity index (χ3v) is 3.81. The fourth-order valence-electron chi connectivity index (χ4n) is 2.70. The maximum Gasteiger partial charge on any atom is 0.230 e. The predicted octanol–water partition coefficient (Wildman–Crippen LogP) is 2.75. The van der Waals surface area contributed by atoms with Crippen molar-refractivity contribution in [3.63, 3.8) is 0 Å². The van der Waals surface area contributed by atoms with Gasteiger partial charge >= 0.3 is 0 Å². The molecule has 0 radical (unpaired) electrons. The zero-order valence-electron chi connectivity index (χ0n) is 11.9. The normalized spacial score (nSPS) is 21.4. The summed E-state index contributed by atoms with van der Waals surface area (Å²) < 4.78 is 5.36. The fraction of sp³-hybridized carbons (Fsp3) is 0.375. The molecule has 5 nitrogen and oxygen atoms in total. The van der Waals surface area contributed by atoms with E-state index in [1.54, 1.807) is 6.26 Å². The predicted molar refractivity (Wildman–Crippen MR) is 78.7 cm³/mol. The summed E-state index contributed by atoms with van der Waals surface area (Å²) in [6.45, 7) is 1.86. The van der Waals surface area contributed by atoms with Crippen LogP contribution in [0.5, 0.6) is 0 Å². The number of hydrogen-bond acceptors (Lipinski definition) is 4. The molecule has 1 heterocycles. The number of aryl methyl sites for hydroxylation is 1. The molecule has 1 saturated carbocycles. The van der Waals surface area contributed by atoms with Gasteiger partial charge in [-0.1, -0.05) is 6.07 Å². The number of amides is 1. The molecule has 1 aliphatic rings. The van der Waals surface area contributed by atoms with Crippen LogP contribution in [0, 0.1) is 12.8 Å². The van der Waals surface area contributed by atoms with E-state index in [9.17, 15) is 9.90 Å². The molecule has 110 valence electrons. The first-order valence-corrected chi connectivity index (χ1v) is 7.15. The summed E-state index contributed by atoms with van der Waals surface area (Å²) in [5.74, 6) is 0.0999. The molecule has 3 rings (SSSR count). The van der Waals surface area contributed by atoms with E-state index in [0.717, 1.165) is 24.1 Å². The van der Waals surface area contributed by atoms with Gasteiger partial charge in [0.25, 0.3) is 0 Å². The van der Waals surface area contributed by atoms with Gasteiger partial charge in [0.2, 0.25) is 11.8 Å². The first kappa shape index (κ1) is 13.8. The van der Waals surface area contributed by atoms with E-state index in [-0.39, 0.29) is 11.8 Å². The molecule has 1 aromatic carbocycles. The van der Waals surface area contributed by atoms with Crippen molar-refractivity contribution in [1.29, 1.82) is 0 Å². The number of nitrogens with one attached hydrogen (secondary N) is 1. The van der Waals surface area contributed by atoms with Crippen LogP contribution in [0.25, 0.3) is 11.5 Å². The van der Waals surface area contributed by atoms with Crippen LogP contribution in [0.2, 0.25) is 0 Å². The van der Waals surface area contributed by atoms with Gasteiger partial charge in [-0.25, -0.2) is 4.98 Å². The molecule has 1 aliphatic carbocycles. The van der Waals surface area contributed by atoms with Crippen molar-refractivity contribution in [3.05, 3.63) is 36.2 Å². The minimum Gasteiger partial charge on any atom is -0.444 e. The molecule has 1 fully saturated rings. The Hall–Kier alpha value is -2.14. The van der Waals surface area contributed by atoms with E-state index >= 15 is 0 Å². The number of benzene rings is 1. The second-order valence-electron chi connectivity index (χ2n) is 5.47. The Kier molecular flexibility index (Phi) is 3.75. The lowest BCUT2D eigenvalue weighted by atomic mass is 10.1. The lowest BCUT2D eigenvalue weighted by Gasteiger charge is -2.14. The van der Waals surface area contributed by atoms with Gasteiger partial charge in [-0.3, -0.25) is 4.79 Å². The lowest BCUT2D eigenvalue weighted by molar-refractivity contribution is -0.122. The molecule has 0 saturated heterocycles. The van der Waals surface area contributed by atoms with Gasteiger partial charge in [-0.05, 0) is 44.4 Å². The molecule has 21 heavy (non-hydrogen) atoms. The van der Waals surface area contributed by atoms with Crippen molar-refractivity contribution in [1.82, 2.24) is 4.98 Å². The van der Waals surface area contributed by atoms with Crippen LogP contribution >= 0.6 is 0 Å². The fourth-order valence-corrected chi connectivity index (χ4v) is 2.70. The summed E-state index contributed by atoms with van der Waals surface area (Å²) in [6, 6.07) is 7.37. The van der Waals surface area contributed by atoms with Crippen molar-refractivity contribution >= 4 is 11.6 Å². The van der Waals surface area contributed by atoms with Crippen molar-refractivity contribution in [3.8, 4) is 11.5 Å². The number of carbonyl (C=O) groups excluding carboxylic acids is 1. The van der Waals surface area contributed by atoms with Gasteiger partial charge in [-0.15, -0.1) is 0 Å². The Labute approximate surface area is 123 Å². The molecule has 2 aromatic rings. The van der Waals surface area contributed by atoms with E-state index in [2.05, 4.69) is 10.3 Å². The summed E-state index contributed by atoms with van der Waals surface area (Å²) in [5.41, 5.74) is 2.31. The molecule has 5 heteroatoms. The van der Waals surface area contributed by atoms with E-state index in [4.69, 9.17) is 4.42 Å². The summed E-state index contributed by atoms with van der Waals surface area (Å²) >= 11 is 0. The first-order valence-electron chi connectivity index (χ1n) is 7.15. The number of anilines is 1. The Balaban J connectivity index is 1.76. The number of aliphatic hydroxyl groups excluding tert-OH is 1. The zero-order valence-corrected chi connectivity index (χ0v) is 11.9. The molecular weight excluding hydrogens is 268 g/mol. The summed E-state index contributed by atoms with van der Waals surface area (Å²) in [7, 11) is 0. The van der Waals surface area contributed by atoms with Crippen LogP contribution in [-0.4, -0.2) is 22.1 Å². The van der Waals surface area contributed by atoms with E-state index < -0.39 is 6.10 Å². The van der Waals surface area contributed by atoms with Crippen LogP contribution in [0.3, 0.4) is 0 Å². The number of nitrogens with zero attached hydrogens (tertiary/aromatic N) is 1. The number of hydrogen-bond donors (Lipinski definition) is 2. The average molecular weight is 286 g/mol. The van der Waals surface area contributed by atoms with E-state index in [1.165, 1.54) is 0 Å². The van der Waals surface area contributed by atoms with Crippen LogP contribution in [0.1, 0.15) is 25.0 Å². The van der Waals surface area contributed by atoms with Gasteiger partial charge in [-0.2, -0.15) is 0 Å². The van der Waals surface area contributed by atoms with Crippen LogP contribution in [0.15, 0.2) is 34.9 Å². The van der Waals surface area contributed by atoms with Gasteiger partial charge in [0.1, 0.15) is 6.26 Å². The molecular formula is C16H18N2O3. The van der Waals surface area contributed by atoms with Crippen LogP contribution in [-0.2, 0) is 4.79 Å². The minimum absolute atomic E-state index is 0.124. The summed E-state index contributed by atoms with van der Waals surface area (Å²) in [4.78, 5) is 16.4. The zero-order chi connectivity index (χ0) is 14.8. The van der Waals surface area contributed by atoms with Gasteiger partial charge in [0.15, 0.2) is 0 Å². The number of aromatic nitrogens is 1. The van der Waals surface area contributed by atoms with Crippen LogP contribution < -0.4 is 5.32 Å². The largest absolute Gasteiger partial charge is 0.444 e. The average Bonchev–Trinajstić information content (AvgIpc) is 3.08. The Bertz CT molecular complexity index is 650. The Morgan fingerprint density at radius 3 is 2.95 bits per heavy atom. The molecule has 0 spiro atoms. The van der Waals surface area contributed by atoms with Crippen molar-refractivity contribution in [2.75, 3.05) is 5.32 Å². The Morgan fingerprint density at radius 1 is 1.43 bits per heavy atom. The smallest absolute Gasteiger partial charge is 0.230 e. The molecule has 0 aliphatic heterocycles. The molecule has 1 aromatic heterocycles. The highest BCUT2D eigenvalue weighted by molar-refractivity contribution is 5.93. The van der Waals surface area contributed by atoms with Crippen molar-refractivity contribution < 1.29 is 14.3 Å². The number of oxazole rings is 1. The number of carbonyl (C=O) groups is 1. The number of aliphatic hydroxyl groups is 1. The molecule has 2 unspecified atom stereocenters. The molecule has 2 atom stereocenters. The molecule has 2 N–H and O–H groups in total. The van der Waals surface area contributed by atoms with E-state index in [1.807, 2.05) is 31.2 Å². The minimum atomic E-state index is -0.525. The van der Waals surface area contributed by atoms with Gasteiger partial charge in [0.05, 0.1) is 17.7 Å². The quantitative estimate of drug-likeness (QED) is 0.909. The highest BCUT2D eigenvalue weighted by Gasteiger charge is 2.31. The van der Waals surface area contributed by atoms with Gasteiger partial charge in [0, 0.05) is 11.3 Å². The second-order valence-corrected chi connectivity index (χ2v) is 5.47. The third-order valence-electron chi connectivity index (χ3n) is 3.81. The third kappa shape index (κ3) is 2.97.